The predicted molar refractivity (Wildman–Crippen MR) is 70.1 cm³/mol. The van der Waals surface area contributed by atoms with Crippen LogP contribution in [0.25, 0.3) is 11.4 Å². The van der Waals surface area contributed by atoms with Crippen LogP contribution < -0.4 is 9.47 Å². The molecule has 7 heteroatoms. The molecule has 0 bridgehead atoms. The van der Waals surface area contributed by atoms with Crippen LogP contribution in [0.2, 0.25) is 0 Å². The fourth-order valence-corrected chi connectivity index (χ4v) is 1.64. The monoisotopic (exact) mass is 276 g/mol. The first-order valence-corrected chi connectivity index (χ1v) is 5.70. The molecule has 6 nitrogen and oxygen atoms in total. The number of hydrogen-bond acceptors (Lipinski definition) is 7. The lowest BCUT2D eigenvalue weighted by atomic mass is 10.2. The van der Waals surface area contributed by atoms with Crippen molar-refractivity contribution in [3.63, 3.8) is 0 Å². The highest BCUT2D eigenvalue weighted by atomic mass is 32.1. The van der Waals surface area contributed by atoms with E-state index < -0.39 is 5.12 Å². The number of pyridine rings is 1. The summed E-state index contributed by atoms with van der Waals surface area (Å²) in [5.74, 6) is 0.930. The van der Waals surface area contributed by atoms with Gasteiger partial charge < -0.3 is 26.9 Å². The fourth-order valence-electron chi connectivity index (χ4n) is 1.48. The molecule has 0 amide bonds. The molecule has 98 valence electrons. The molecule has 0 N–H and O–H groups in total. The highest BCUT2D eigenvalue weighted by Gasteiger charge is 2.12. The van der Waals surface area contributed by atoms with Gasteiger partial charge in [0.15, 0.2) is 5.82 Å². The number of rotatable bonds is 4. The normalized spacial score (nSPS) is 10.0. The van der Waals surface area contributed by atoms with Crippen LogP contribution in [0.15, 0.2) is 24.4 Å². The molecule has 2 aromatic heterocycles. The van der Waals surface area contributed by atoms with Crippen LogP contribution in [-0.2, 0) is 12.6 Å². The summed E-state index contributed by atoms with van der Waals surface area (Å²) in [7, 11) is 2.96. The van der Waals surface area contributed by atoms with Gasteiger partial charge in [0.05, 0.1) is 31.1 Å². The van der Waals surface area contributed by atoms with Crippen LogP contribution in [0.3, 0.4) is 0 Å². The molecule has 0 saturated heterocycles. The Hall–Kier alpha value is -2.28. The summed E-state index contributed by atoms with van der Waals surface area (Å²) in [6.45, 7) is 0. The van der Waals surface area contributed by atoms with Crippen LogP contribution >= 0.6 is 0 Å². The highest BCUT2D eigenvalue weighted by molar-refractivity contribution is 7.77. The zero-order valence-electron chi connectivity index (χ0n) is 10.3. The molecule has 0 atom stereocenters. The highest BCUT2D eigenvalue weighted by Crippen LogP contribution is 2.24. The SMILES string of the molecule is COc1cc(OC)nc(-c2cccnc2C(=O)[S-])n1. The Labute approximate surface area is 115 Å². The Morgan fingerprint density at radius 1 is 1.21 bits per heavy atom. The van der Waals surface area contributed by atoms with Crippen LogP contribution in [0, 0.1) is 0 Å². The molecule has 2 heterocycles. The minimum absolute atomic E-state index is 0.132. The minimum Gasteiger partial charge on any atom is -0.735 e. The van der Waals surface area contributed by atoms with E-state index in [0.717, 1.165) is 0 Å². The largest absolute Gasteiger partial charge is 0.735 e. The summed E-state index contributed by atoms with van der Waals surface area (Å²) in [5.41, 5.74) is 0.576. The van der Waals surface area contributed by atoms with E-state index in [9.17, 15) is 4.79 Å². The topological polar surface area (TPSA) is 74.2 Å². The molecular weight excluding hydrogens is 266 g/mol. The van der Waals surface area contributed by atoms with Crippen molar-refractivity contribution in [1.82, 2.24) is 15.0 Å². The molecule has 0 radical (unpaired) electrons. The van der Waals surface area contributed by atoms with E-state index in [1.165, 1.54) is 26.5 Å². The molecule has 0 aromatic carbocycles. The maximum atomic E-state index is 11.4. The van der Waals surface area contributed by atoms with Crippen LogP contribution in [0.4, 0.5) is 0 Å². The Kier molecular flexibility index (Phi) is 3.86. The zero-order valence-corrected chi connectivity index (χ0v) is 11.1. The standard InChI is InChI=1S/C12H11N3O3S/c1-17-8-6-9(18-2)15-11(14-8)7-4-3-5-13-10(7)12(16)19/h3-6H,1-2H3,(H,16,19)/p-1. The predicted octanol–water partition coefficient (Wildman–Crippen LogP) is 1.24. The van der Waals surface area contributed by atoms with Crippen molar-refractivity contribution >= 4 is 17.7 Å². The number of hydrogen-bond donors (Lipinski definition) is 0. The Bertz CT molecular complexity index is 597. The number of carbonyl (C=O) groups is 1. The molecule has 0 aliphatic heterocycles. The van der Waals surface area contributed by atoms with Crippen LogP contribution in [-0.4, -0.2) is 34.3 Å². The van der Waals surface area contributed by atoms with E-state index in [4.69, 9.17) is 9.47 Å². The van der Waals surface area contributed by atoms with Crippen molar-refractivity contribution in [3.8, 4) is 23.1 Å². The fraction of sp³-hybridized carbons (Fsp3) is 0.167. The van der Waals surface area contributed by atoms with Crippen molar-refractivity contribution in [2.24, 2.45) is 0 Å². The van der Waals surface area contributed by atoms with Crippen molar-refractivity contribution in [3.05, 3.63) is 30.1 Å². The van der Waals surface area contributed by atoms with E-state index in [2.05, 4.69) is 27.6 Å². The molecular formula is C12H10N3O3S-. The van der Waals surface area contributed by atoms with Gasteiger partial charge in [-0.05, 0) is 12.1 Å². The quantitative estimate of drug-likeness (QED) is 0.778. The van der Waals surface area contributed by atoms with Gasteiger partial charge in [-0.15, -0.1) is 0 Å². The second-order valence-corrected chi connectivity index (χ2v) is 3.83. The maximum absolute atomic E-state index is 11.4. The molecule has 0 spiro atoms. The van der Waals surface area contributed by atoms with E-state index in [-0.39, 0.29) is 11.5 Å². The second-order valence-electron chi connectivity index (χ2n) is 3.46. The lowest BCUT2D eigenvalue weighted by Gasteiger charge is -2.10. The molecule has 0 aliphatic rings. The van der Waals surface area contributed by atoms with Crippen LogP contribution in [0.1, 0.15) is 10.5 Å². The van der Waals surface area contributed by atoms with Gasteiger partial charge in [0.2, 0.25) is 11.8 Å². The summed E-state index contributed by atoms with van der Waals surface area (Å²) >= 11 is 4.64. The molecule has 0 aliphatic carbocycles. The Balaban J connectivity index is 2.61. The summed E-state index contributed by atoms with van der Waals surface area (Å²) in [6.07, 6.45) is 1.49. The first-order valence-electron chi connectivity index (χ1n) is 5.29. The van der Waals surface area contributed by atoms with Gasteiger partial charge in [-0.2, -0.15) is 9.97 Å². The number of carbonyl (C=O) groups excluding carboxylic acids is 1. The molecule has 19 heavy (non-hydrogen) atoms. The lowest BCUT2D eigenvalue weighted by Crippen LogP contribution is -2.04. The van der Waals surface area contributed by atoms with Gasteiger partial charge in [-0.1, -0.05) is 0 Å². The first-order chi connectivity index (χ1) is 9.15. The lowest BCUT2D eigenvalue weighted by molar-refractivity contribution is 0.108. The third-order valence-electron chi connectivity index (χ3n) is 2.34. The molecule has 2 aromatic rings. The van der Waals surface area contributed by atoms with Gasteiger partial charge in [-0.3, -0.25) is 4.98 Å². The van der Waals surface area contributed by atoms with Gasteiger partial charge in [0.25, 0.3) is 0 Å². The molecule has 0 unspecified atom stereocenters. The Morgan fingerprint density at radius 2 is 1.84 bits per heavy atom. The third-order valence-corrected chi connectivity index (χ3v) is 2.53. The summed E-state index contributed by atoms with van der Waals surface area (Å²) in [6, 6.07) is 4.88. The average Bonchev–Trinajstić information content (AvgIpc) is 2.46. The van der Waals surface area contributed by atoms with E-state index in [1.54, 1.807) is 12.1 Å². The smallest absolute Gasteiger partial charge is 0.220 e. The Morgan fingerprint density at radius 3 is 2.37 bits per heavy atom. The van der Waals surface area contributed by atoms with Crippen molar-refractivity contribution in [2.75, 3.05) is 14.2 Å². The van der Waals surface area contributed by atoms with Gasteiger partial charge >= 0.3 is 0 Å². The summed E-state index contributed by atoms with van der Waals surface area (Å²) in [4.78, 5) is 23.7. The number of aromatic nitrogens is 3. The van der Waals surface area contributed by atoms with Crippen molar-refractivity contribution in [2.45, 2.75) is 0 Å². The maximum Gasteiger partial charge on any atom is 0.220 e. The number of nitrogens with zero attached hydrogens (tertiary/aromatic N) is 3. The first kappa shape index (κ1) is 13.2. The van der Waals surface area contributed by atoms with Gasteiger partial charge in [0.1, 0.15) is 0 Å². The zero-order chi connectivity index (χ0) is 13.8. The third kappa shape index (κ3) is 2.76. The average molecular weight is 276 g/mol. The van der Waals surface area contributed by atoms with E-state index in [1.807, 2.05) is 0 Å². The van der Waals surface area contributed by atoms with E-state index in [0.29, 0.717) is 17.3 Å². The van der Waals surface area contributed by atoms with Crippen molar-refractivity contribution in [1.29, 1.82) is 0 Å². The molecule has 0 saturated carbocycles. The summed E-state index contributed by atoms with van der Waals surface area (Å²) < 4.78 is 10.1. The second kappa shape index (κ2) is 5.57. The molecule has 0 fully saturated rings. The van der Waals surface area contributed by atoms with Crippen LogP contribution in [0.5, 0.6) is 11.8 Å². The molecule has 2 rings (SSSR count). The minimum atomic E-state index is -0.569. The summed E-state index contributed by atoms with van der Waals surface area (Å²) in [5, 5.41) is -0.569. The van der Waals surface area contributed by atoms with Crippen molar-refractivity contribution < 1.29 is 14.3 Å². The van der Waals surface area contributed by atoms with Gasteiger partial charge in [0, 0.05) is 11.8 Å². The number of ether oxygens (including phenoxy) is 2. The number of methoxy groups -OCH3 is 2. The van der Waals surface area contributed by atoms with E-state index >= 15 is 0 Å². The van der Waals surface area contributed by atoms with Gasteiger partial charge in [-0.25, -0.2) is 0 Å².